The molecule has 1 saturated heterocycles. The third-order valence-electron chi connectivity index (χ3n) is 3.82. The number of nitrogens with one attached hydrogen (secondary N) is 1. The molecule has 3 rings (SSSR count). The van der Waals surface area contributed by atoms with E-state index >= 15 is 0 Å². The zero-order valence-electron chi connectivity index (χ0n) is 12.0. The summed E-state index contributed by atoms with van der Waals surface area (Å²) in [6.07, 6.45) is 3.54. The van der Waals surface area contributed by atoms with Gasteiger partial charge in [0.05, 0.1) is 0 Å². The molecule has 0 aliphatic carbocycles. The molecule has 7 nitrogen and oxygen atoms in total. The molecule has 1 N–H and O–H groups in total. The van der Waals surface area contributed by atoms with Crippen LogP contribution in [0.15, 0.2) is 18.5 Å². The molecule has 0 aromatic carbocycles. The van der Waals surface area contributed by atoms with Crippen LogP contribution in [0.5, 0.6) is 0 Å². The molecule has 7 heteroatoms. The van der Waals surface area contributed by atoms with Crippen LogP contribution >= 0.6 is 0 Å². The van der Waals surface area contributed by atoms with Crippen LogP contribution in [0, 0.1) is 11.8 Å². The average molecular weight is 273 g/mol. The van der Waals surface area contributed by atoms with E-state index in [1.807, 2.05) is 12.3 Å². The Bertz CT molecular complexity index is 570. The van der Waals surface area contributed by atoms with E-state index in [2.05, 4.69) is 44.1 Å². The van der Waals surface area contributed by atoms with Crippen molar-refractivity contribution in [1.82, 2.24) is 24.7 Å². The second-order valence-corrected chi connectivity index (χ2v) is 5.32. The van der Waals surface area contributed by atoms with Gasteiger partial charge in [0.15, 0.2) is 0 Å². The molecule has 2 unspecified atom stereocenters. The predicted octanol–water partition coefficient (Wildman–Crippen LogP) is 1.19. The maximum atomic E-state index is 4.54. The fourth-order valence-electron chi connectivity index (χ4n) is 2.39. The Labute approximate surface area is 118 Å². The maximum absolute atomic E-state index is 4.54. The molecule has 20 heavy (non-hydrogen) atoms. The minimum absolute atomic E-state index is 0.538. The van der Waals surface area contributed by atoms with Gasteiger partial charge in [-0.25, -0.2) is 4.68 Å². The molecular formula is C13H19N7. The predicted molar refractivity (Wildman–Crippen MR) is 77.0 cm³/mol. The van der Waals surface area contributed by atoms with E-state index in [1.165, 1.54) is 0 Å². The van der Waals surface area contributed by atoms with Gasteiger partial charge in [0.2, 0.25) is 11.9 Å². The zero-order valence-corrected chi connectivity index (χ0v) is 12.0. The lowest BCUT2D eigenvalue weighted by molar-refractivity contribution is 0.494. The standard InChI is InChI=1S/C13H19N7/c1-9-7-19(8-10(9)2)12-16-11(14-3)17-13(18-12)20-6-4-5-15-20/h4-6,9-10H,7-8H2,1-3H3,(H,14,16,17,18). The van der Waals surface area contributed by atoms with Crippen LogP contribution in [0.2, 0.25) is 0 Å². The summed E-state index contributed by atoms with van der Waals surface area (Å²) in [5.41, 5.74) is 0. The van der Waals surface area contributed by atoms with E-state index < -0.39 is 0 Å². The average Bonchev–Trinajstić information content (AvgIpc) is 3.09. The number of anilines is 2. The van der Waals surface area contributed by atoms with Crippen LogP contribution in [0.25, 0.3) is 5.95 Å². The third-order valence-corrected chi connectivity index (χ3v) is 3.82. The van der Waals surface area contributed by atoms with Gasteiger partial charge in [-0.05, 0) is 17.9 Å². The van der Waals surface area contributed by atoms with E-state index in [4.69, 9.17) is 0 Å². The molecule has 0 spiro atoms. The van der Waals surface area contributed by atoms with Gasteiger partial charge >= 0.3 is 0 Å². The van der Waals surface area contributed by atoms with Crippen LogP contribution in [-0.4, -0.2) is 44.9 Å². The molecule has 106 valence electrons. The number of hydrogen-bond acceptors (Lipinski definition) is 6. The molecule has 1 aliphatic rings. The lowest BCUT2D eigenvalue weighted by Gasteiger charge is -2.17. The van der Waals surface area contributed by atoms with Gasteiger partial charge in [0, 0.05) is 32.5 Å². The van der Waals surface area contributed by atoms with Crippen LogP contribution in [-0.2, 0) is 0 Å². The van der Waals surface area contributed by atoms with Crippen LogP contribution in [0.1, 0.15) is 13.8 Å². The van der Waals surface area contributed by atoms with Crippen molar-refractivity contribution >= 4 is 11.9 Å². The van der Waals surface area contributed by atoms with E-state index in [0.717, 1.165) is 13.1 Å². The quantitative estimate of drug-likeness (QED) is 0.905. The Balaban J connectivity index is 1.97. The monoisotopic (exact) mass is 273 g/mol. The Morgan fingerprint density at radius 1 is 1.10 bits per heavy atom. The van der Waals surface area contributed by atoms with Crippen molar-refractivity contribution in [2.45, 2.75) is 13.8 Å². The normalized spacial score (nSPS) is 22.2. The largest absolute Gasteiger partial charge is 0.357 e. The summed E-state index contributed by atoms with van der Waals surface area (Å²) in [5, 5.41) is 7.16. The van der Waals surface area contributed by atoms with Crippen LogP contribution in [0.3, 0.4) is 0 Å². The highest BCUT2D eigenvalue weighted by molar-refractivity contribution is 5.40. The van der Waals surface area contributed by atoms with Crippen molar-refractivity contribution in [2.75, 3.05) is 30.4 Å². The van der Waals surface area contributed by atoms with Gasteiger partial charge in [0.25, 0.3) is 5.95 Å². The van der Waals surface area contributed by atoms with Crippen LogP contribution in [0.4, 0.5) is 11.9 Å². The number of rotatable bonds is 3. The van der Waals surface area contributed by atoms with Crippen molar-refractivity contribution in [1.29, 1.82) is 0 Å². The fourth-order valence-corrected chi connectivity index (χ4v) is 2.39. The molecule has 0 amide bonds. The van der Waals surface area contributed by atoms with Gasteiger partial charge in [-0.3, -0.25) is 0 Å². The first kappa shape index (κ1) is 12.8. The highest BCUT2D eigenvalue weighted by Crippen LogP contribution is 2.26. The summed E-state index contributed by atoms with van der Waals surface area (Å²) in [6, 6.07) is 1.85. The molecule has 0 radical (unpaired) electrons. The number of hydrogen-bond donors (Lipinski definition) is 1. The van der Waals surface area contributed by atoms with Crippen molar-refractivity contribution < 1.29 is 0 Å². The van der Waals surface area contributed by atoms with Gasteiger partial charge in [0.1, 0.15) is 0 Å². The first-order valence-electron chi connectivity index (χ1n) is 6.86. The summed E-state index contributed by atoms with van der Waals surface area (Å²) < 4.78 is 1.65. The molecule has 2 atom stereocenters. The minimum atomic E-state index is 0.538. The van der Waals surface area contributed by atoms with Gasteiger partial charge in [-0.2, -0.15) is 20.1 Å². The molecule has 2 aromatic rings. The van der Waals surface area contributed by atoms with Crippen LogP contribution < -0.4 is 10.2 Å². The van der Waals surface area contributed by atoms with Crippen molar-refractivity contribution in [3.63, 3.8) is 0 Å². The minimum Gasteiger partial charge on any atom is -0.357 e. The summed E-state index contributed by atoms with van der Waals surface area (Å²) in [6.45, 7) is 6.48. The van der Waals surface area contributed by atoms with Gasteiger partial charge < -0.3 is 10.2 Å². The molecule has 3 heterocycles. The second kappa shape index (κ2) is 5.07. The highest BCUT2D eigenvalue weighted by Gasteiger charge is 2.28. The smallest absolute Gasteiger partial charge is 0.257 e. The molecule has 1 aliphatic heterocycles. The van der Waals surface area contributed by atoms with E-state index in [-0.39, 0.29) is 0 Å². The summed E-state index contributed by atoms with van der Waals surface area (Å²) in [7, 11) is 1.81. The molecule has 0 saturated carbocycles. The topological polar surface area (TPSA) is 71.8 Å². The fraction of sp³-hybridized carbons (Fsp3) is 0.538. The summed E-state index contributed by atoms with van der Waals surface area (Å²) in [5.74, 6) is 3.12. The molecule has 2 aromatic heterocycles. The first-order chi connectivity index (χ1) is 9.67. The Morgan fingerprint density at radius 2 is 1.80 bits per heavy atom. The van der Waals surface area contributed by atoms with Crippen molar-refractivity contribution in [3.8, 4) is 5.95 Å². The van der Waals surface area contributed by atoms with Crippen molar-refractivity contribution in [3.05, 3.63) is 18.5 Å². The zero-order chi connectivity index (χ0) is 14.1. The summed E-state index contributed by atoms with van der Waals surface area (Å²) in [4.78, 5) is 15.6. The molecular weight excluding hydrogens is 254 g/mol. The highest BCUT2D eigenvalue weighted by atomic mass is 15.4. The van der Waals surface area contributed by atoms with Gasteiger partial charge in [-0.15, -0.1) is 0 Å². The van der Waals surface area contributed by atoms with E-state index in [1.54, 1.807) is 17.9 Å². The Kier molecular flexibility index (Phi) is 3.25. The van der Waals surface area contributed by atoms with E-state index in [0.29, 0.717) is 29.7 Å². The maximum Gasteiger partial charge on any atom is 0.257 e. The lowest BCUT2D eigenvalue weighted by Crippen LogP contribution is -2.24. The summed E-state index contributed by atoms with van der Waals surface area (Å²) >= 11 is 0. The third kappa shape index (κ3) is 2.31. The first-order valence-corrected chi connectivity index (χ1v) is 6.86. The second-order valence-electron chi connectivity index (χ2n) is 5.32. The molecule has 1 fully saturated rings. The number of aromatic nitrogens is 5. The Morgan fingerprint density at radius 3 is 2.40 bits per heavy atom. The SMILES string of the molecule is CNc1nc(N2CC(C)C(C)C2)nc(-n2cccn2)n1. The van der Waals surface area contributed by atoms with Crippen molar-refractivity contribution in [2.24, 2.45) is 11.8 Å². The lowest BCUT2D eigenvalue weighted by atomic mass is 10.0. The number of nitrogens with zero attached hydrogens (tertiary/aromatic N) is 6. The van der Waals surface area contributed by atoms with E-state index in [9.17, 15) is 0 Å². The Hall–Kier alpha value is -2.18. The molecule has 0 bridgehead atoms. The van der Waals surface area contributed by atoms with Gasteiger partial charge in [-0.1, -0.05) is 13.8 Å².